The number of aromatic nitrogens is 1. The van der Waals surface area contributed by atoms with Crippen LogP contribution in [0.25, 0.3) is 0 Å². The van der Waals surface area contributed by atoms with E-state index in [4.69, 9.17) is 4.74 Å². The maximum Gasteiger partial charge on any atom is 0.128 e. The summed E-state index contributed by atoms with van der Waals surface area (Å²) in [6.45, 7) is 7.57. The van der Waals surface area contributed by atoms with Crippen LogP contribution in [0.4, 0.5) is 0 Å². The lowest BCUT2D eigenvalue weighted by atomic mass is 9.97. The molecule has 0 spiro atoms. The van der Waals surface area contributed by atoms with Crippen molar-refractivity contribution in [2.45, 2.75) is 58.2 Å². The quantitative estimate of drug-likeness (QED) is 0.924. The number of pyridine rings is 1. The van der Waals surface area contributed by atoms with Gasteiger partial charge in [0.25, 0.3) is 0 Å². The molecule has 1 aromatic heterocycles. The smallest absolute Gasteiger partial charge is 0.128 e. The zero-order valence-electron chi connectivity index (χ0n) is 13.5. The minimum absolute atomic E-state index is 0.637. The minimum Gasteiger partial charge on any atom is -0.496 e. The number of rotatable bonds is 4. The standard InChI is InChI=1S/C17H27N3O/c1-12-10-19-16(13(2)17(12)21-3)11-18-14-6-8-20-7-4-5-15(20)9-14/h10,14-15,18H,4-9,11H2,1-3H3. The number of hydrogen-bond acceptors (Lipinski definition) is 4. The topological polar surface area (TPSA) is 37.4 Å². The summed E-state index contributed by atoms with van der Waals surface area (Å²) >= 11 is 0. The second-order valence-corrected chi connectivity index (χ2v) is 6.48. The van der Waals surface area contributed by atoms with Crippen molar-refractivity contribution in [3.63, 3.8) is 0 Å². The molecule has 2 aliphatic rings. The van der Waals surface area contributed by atoms with E-state index in [0.29, 0.717) is 6.04 Å². The third kappa shape index (κ3) is 3.06. The lowest BCUT2D eigenvalue weighted by molar-refractivity contribution is 0.166. The molecule has 2 fully saturated rings. The molecule has 4 nitrogen and oxygen atoms in total. The molecule has 116 valence electrons. The number of methoxy groups -OCH3 is 1. The molecule has 2 unspecified atom stereocenters. The Morgan fingerprint density at radius 1 is 1.33 bits per heavy atom. The van der Waals surface area contributed by atoms with Crippen molar-refractivity contribution in [3.05, 3.63) is 23.0 Å². The van der Waals surface area contributed by atoms with Gasteiger partial charge in [0.1, 0.15) is 5.75 Å². The monoisotopic (exact) mass is 289 g/mol. The maximum atomic E-state index is 5.49. The van der Waals surface area contributed by atoms with E-state index in [0.717, 1.165) is 29.6 Å². The van der Waals surface area contributed by atoms with Crippen molar-refractivity contribution in [2.24, 2.45) is 0 Å². The Kier molecular flexibility index (Phi) is 4.45. The van der Waals surface area contributed by atoms with E-state index in [-0.39, 0.29) is 0 Å². The van der Waals surface area contributed by atoms with Crippen LogP contribution in [0.2, 0.25) is 0 Å². The minimum atomic E-state index is 0.637. The van der Waals surface area contributed by atoms with Gasteiger partial charge in [0.15, 0.2) is 0 Å². The first-order valence-corrected chi connectivity index (χ1v) is 8.15. The zero-order valence-corrected chi connectivity index (χ0v) is 13.5. The number of aryl methyl sites for hydroxylation is 1. The fourth-order valence-electron chi connectivity index (χ4n) is 3.90. The van der Waals surface area contributed by atoms with Gasteiger partial charge in [-0.05, 0) is 52.6 Å². The molecule has 3 heterocycles. The highest BCUT2D eigenvalue weighted by Crippen LogP contribution is 2.28. The molecule has 0 amide bonds. The normalized spacial score (nSPS) is 25.9. The SMILES string of the molecule is COc1c(C)cnc(CNC2CCN3CCCC3C2)c1C. The van der Waals surface area contributed by atoms with Gasteiger partial charge >= 0.3 is 0 Å². The summed E-state index contributed by atoms with van der Waals surface area (Å²) in [6, 6.07) is 1.45. The fraction of sp³-hybridized carbons (Fsp3) is 0.706. The molecule has 2 aliphatic heterocycles. The van der Waals surface area contributed by atoms with Crippen LogP contribution >= 0.6 is 0 Å². The number of nitrogens with zero attached hydrogens (tertiary/aromatic N) is 2. The number of piperidine rings is 1. The molecular formula is C17H27N3O. The molecule has 2 saturated heterocycles. The molecule has 21 heavy (non-hydrogen) atoms. The maximum absolute atomic E-state index is 5.49. The predicted octanol–water partition coefficient (Wildman–Crippen LogP) is 2.42. The van der Waals surface area contributed by atoms with Crippen LogP contribution in [-0.2, 0) is 6.54 Å². The van der Waals surface area contributed by atoms with Gasteiger partial charge in [0, 0.05) is 36.0 Å². The Labute approximate surface area is 127 Å². The van der Waals surface area contributed by atoms with E-state index < -0.39 is 0 Å². The number of ether oxygens (including phenoxy) is 1. The van der Waals surface area contributed by atoms with E-state index in [2.05, 4.69) is 22.1 Å². The molecule has 4 heteroatoms. The summed E-state index contributed by atoms with van der Waals surface area (Å²) in [5.74, 6) is 0.979. The van der Waals surface area contributed by atoms with Gasteiger partial charge < -0.3 is 15.0 Å². The molecule has 1 N–H and O–H groups in total. The predicted molar refractivity (Wildman–Crippen MR) is 84.7 cm³/mol. The largest absolute Gasteiger partial charge is 0.496 e. The summed E-state index contributed by atoms with van der Waals surface area (Å²) in [7, 11) is 1.74. The molecule has 0 saturated carbocycles. The van der Waals surface area contributed by atoms with Gasteiger partial charge in [-0.15, -0.1) is 0 Å². The average molecular weight is 289 g/mol. The zero-order chi connectivity index (χ0) is 14.8. The Morgan fingerprint density at radius 3 is 3.00 bits per heavy atom. The Bertz CT molecular complexity index is 503. The molecule has 0 radical (unpaired) electrons. The summed E-state index contributed by atoms with van der Waals surface area (Å²) in [6.07, 6.45) is 7.24. The molecule has 0 aliphatic carbocycles. The van der Waals surface area contributed by atoms with Crippen molar-refractivity contribution < 1.29 is 4.74 Å². The van der Waals surface area contributed by atoms with Crippen molar-refractivity contribution in [2.75, 3.05) is 20.2 Å². The first-order valence-electron chi connectivity index (χ1n) is 8.15. The third-order valence-electron chi connectivity index (χ3n) is 5.13. The molecule has 3 rings (SSSR count). The molecular weight excluding hydrogens is 262 g/mol. The van der Waals surface area contributed by atoms with E-state index in [9.17, 15) is 0 Å². The summed E-state index contributed by atoms with van der Waals surface area (Å²) in [5, 5.41) is 3.72. The second kappa shape index (κ2) is 6.32. The average Bonchev–Trinajstić information content (AvgIpc) is 2.94. The third-order valence-corrected chi connectivity index (χ3v) is 5.13. The number of fused-ring (bicyclic) bond motifs is 1. The lowest BCUT2D eigenvalue weighted by Gasteiger charge is -2.35. The van der Waals surface area contributed by atoms with Crippen LogP contribution in [0.1, 0.15) is 42.5 Å². The molecule has 0 aromatic carbocycles. The van der Waals surface area contributed by atoms with E-state index in [1.54, 1.807) is 7.11 Å². The Hall–Kier alpha value is -1.13. The van der Waals surface area contributed by atoms with Crippen LogP contribution in [-0.4, -0.2) is 42.2 Å². The molecule has 0 bridgehead atoms. The highest BCUT2D eigenvalue weighted by molar-refractivity contribution is 5.41. The summed E-state index contributed by atoms with van der Waals surface area (Å²) in [5.41, 5.74) is 3.40. The Balaban J connectivity index is 1.60. The molecule has 1 aromatic rings. The van der Waals surface area contributed by atoms with Crippen molar-refractivity contribution in [3.8, 4) is 5.75 Å². The van der Waals surface area contributed by atoms with Gasteiger partial charge in [-0.1, -0.05) is 0 Å². The van der Waals surface area contributed by atoms with Crippen LogP contribution in [0.3, 0.4) is 0 Å². The van der Waals surface area contributed by atoms with Crippen LogP contribution in [0, 0.1) is 13.8 Å². The van der Waals surface area contributed by atoms with E-state index in [1.165, 1.54) is 44.3 Å². The van der Waals surface area contributed by atoms with E-state index in [1.807, 2.05) is 13.1 Å². The van der Waals surface area contributed by atoms with E-state index >= 15 is 0 Å². The number of nitrogens with one attached hydrogen (secondary N) is 1. The number of hydrogen-bond donors (Lipinski definition) is 1. The van der Waals surface area contributed by atoms with Crippen LogP contribution in [0.5, 0.6) is 5.75 Å². The van der Waals surface area contributed by atoms with Gasteiger partial charge in [0.2, 0.25) is 0 Å². The van der Waals surface area contributed by atoms with Crippen molar-refractivity contribution in [1.82, 2.24) is 15.2 Å². The first kappa shape index (κ1) is 14.8. The van der Waals surface area contributed by atoms with Gasteiger partial charge in [-0.3, -0.25) is 4.98 Å². The van der Waals surface area contributed by atoms with Gasteiger partial charge in [-0.2, -0.15) is 0 Å². The summed E-state index contributed by atoms with van der Waals surface area (Å²) < 4.78 is 5.49. The first-order chi connectivity index (χ1) is 10.2. The fourth-order valence-corrected chi connectivity index (χ4v) is 3.90. The lowest BCUT2D eigenvalue weighted by Crippen LogP contribution is -2.45. The second-order valence-electron chi connectivity index (χ2n) is 6.48. The highest BCUT2D eigenvalue weighted by Gasteiger charge is 2.31. The van der Waals surface area contributed by atoms with Crippen LogP contribution < -0.4 is 10.1 Å². The Morgan fingerprint density at radius 2 is 2.19 bits per heavy atom. The van der Waals surface area contributed by atoms with Crippen LogP contribution in [0.15, 0.2) is 6.20 Å². The van der Waals surface area contributed by atoms with Crippen molar-refractivity contribution in [1.29, 1.82) is 0 Å². The van der Waals surface area contributed by atoms with Gasteiger partial charge in [-0.25, -0.2) is 0 Å². The highest BCUT2D eigenvalue weighted by atomic mass is 16.5. The van der Waals surface area contributed by atoms with Crippen molar-refractivity contribution >= 4 is 0 Å². The molecule has 2 atom stereocenters. The summed E-state index contributed by atoms with van der Waals surface area (Å²) in [4.78, 5) is 7.25. The van der Waals surface area contributed by atoms with Gasteiger partial charge in [0.05, 0.1) is 12.8 Å².